The Kier molecular flexibility index (Phi) is 7.33. The number of aliphatic carboxylic acids is 1. The Morgan fingerprint density at radius 1 is 1.09 bits per heavy atom. The number of ether oxygens (including phenoxy) is 1. The lowest BCUT2D eigenvalue weighted by Gasteiger charge is -2.34. The number of benzene rings is 2. The van der Waals surface area contributed by atoms with E-state index in [0.29, 0.717) is 42.0 Å². The summed E-state index contributed by atoms with van der Waals surface area (Å²) in [5.41, 5.74) is -0.375. The molecular weight excluding hydrogens is 473 g/mol. The molecule has 2 aromatic carbocycles. The van der Waals surface area contributed by atoms with Gasteiger partial charge in [0.2, 0.25) is 10.0 Å². The lowest BCUT2D eigenvalue weighted by Crippen LogP contribution is -2.48. The third-order valence-electron chi connectivity index (χ3n) is 4.90. The summed E-state index contributed by atoms with van der Waals surface area (Å²) in [5, 5.41) is 9.25. The number of hydrogen-bond donors (Lipinski definition) is 1. The van der Waals surface area contributed by atoms with E-state index in [1.807, 2.05) is 4.90 Å². The van der Waals surface area contributed by atoms with Crippen LogP contribution in [0.25, 0.3) is 0 Å². The van der Waals surface area contributed by atoms with Crippen molar-refractivity contribution in [1.29, 1.82) is 0 Å². The van der Waals surface area contributed by atoms with Crippen molar-refractivity contribution >= 4 is 27.6 Å². The summed E-state index contributed by atoms with van der Waals surface area (Å²) < 4.78 is 70.9. The van der Waals surface area contributed by atoms with Crippen LogP contribution in [-0.2, 0) is 27.5 Å². The van der Waals surface area contributed by atoms with Gasteiger partial charge in [-0.2, -0.15) is 17.5 Å². The first-order valence-corrected chi connectivity index (χ1v) is 11.3. The van der Waals surface area contributed by atoms with E-state index in [1.165, 1.54) is 0 Å². The fourth-order valence-corrected chi connectivity index (χ4v) is 4.97. The molecule has 3 rings (SSSR count). The first-order valence-electron chi connectivity index (χ1n) is 9.49. The van der Waals surface area contributed by atoms with Gasteiger partial charge >= 0.3 is 12.1 Å². The number of halogens is 4. The van der Waals surface area contributed by atoms with Gasteiger partial charge in [0.15, 0.2) is 6.61 Å². The molecule has 1 aliphatic rings. The molecule has 1 heterocycles. The van der Waals surface area contributed by atoms with E-state index in [1.54, 1.807) is 18.2 Å². The highest BCUT2D eigenvalue weighted by atomic mass is 35.5. The summed E-state index contributed by atoms with van der Waals surface area (Å²) in [6, 6.07) is 8.46. The standard InChI is InChI=1S/C20H20ClF3N2O5S/c21-16-4-5-18(31-13-19(27)28)14(10-16)12-25-6-8-26(9-7-25)32(29,30)17-3-1-2-15(11-17)20(22,23)24/h1-5,10-11H,6-9,12-13H2,(H,27,28). The summed E-state index contributed by atoms with van der Waals surface area (Å²) in [6.45, 7) is 0.645. The van der Waals surface area contributed by atoms with Crippen LogP contribution in [0.3, 0.4) is 0 Å². The van der Waals surface area contributed by atoms with Gasteiger partial charge in [-0.1, -0.05) is 17.7 Å². The number of sulfonamides is 1. The molecule has 0 saturated carbocycles. The molecular formula is C20H20ClF3N2O5S. The maximum absolute atomic E-state index is 12.9. The zero-order chi connectivity index (χ0) is 23.5. The highest BCUT2D eigenvalue weighted by molar-refractivity contribution is 7.89. The van der Waals surface area contributed by atoms with E-state index >= 15 is 0 Å². The van der Waals surface area contributed by atoms with Crippen LogP contribution < -0.4 is 4.74 Å². The van der Waals surface area contributed by atoms with Crippen LogP contribution in [0.2, 0.25) is 5.02 Å². The Morgan fingerprint density at radius 3 is 2.41 bits per heavy atom. The van der Waals surface area contributed by atoms with Crippen LogP contribution >= 0.6 is 11.6 Å². The van der Waals surface area contributed by atoms with E-state index in [0.717, 1.165) is 22.5 Å². The molecule has 1 N–H and O–H groups in total. The molecule has 0 bridgehead atoms. The maximum atomic E-state index is 12.9. The SMILES string of the molecule is O=C(O)COc1ccc(Cl)cc1CN1CCN(S(=O)(=O)c2cccc(C(F)(F)F)c2)CC1. The second-order valence-electron chi connectivity index (χ2n) is 7.14. The minimum absolute atomic E-state index is 0.0878. The molecule has 32 heavy (non-hydrogen) atoms. The van der Waals surface area contributed by atoms with Crippen molar-refractivity contribution in [1.82, 2.24) is 9.21 Å². The van der Waals surface area contributed by atoms with E-state index in [9.17, 15) is 26.4 Å². The van der Waals surface area contributed by atoms with Crippen LogP contribution in [0, 0.1) is 0 Å². The quantitative estimate of drug-likeness (QED) is 0.638. The Balaban J connectivity index is 1.68. The molecule has 174 valence electrons. The number of rotatable bonds is 7. The second-order valence-corrected chi connectivity index (χ2v) is 9.51. The zero-order valence-corrected chi connectivity index (χ0v) is 18.3. The number of nitrogens with zero attached hydrogens (tertiary/aromatic N) is 2. The molecule has 12 heteroatoms. The molecule has 0 spiro atoms. The number of carbonyl (C=O) groups is 1. The van der Waals surface area contributed by atoms with E-state index < -0.39 is 39.2 Å². The average molecular weight is 493 g/mol. The lowest BCUT2D eigenvalue weighted by molar-refractivity contribution is -0.139. The van der Waals surface area contributed by atoms with Gasteiger partial charge in [-0.05, 0) is 36.4 Å². The van der Waals surface area contributed by atoms with Gasteiger partial charge in [0.05, 0.1) is 10.5 Å². The summed E-state index contributed by atoms with van der Waals surface area (Å²) in [5.74, 6) is -0.768. The van der Waals surface area contributed by atoms with Crippen LogP contribution in [-0.4, -0.2) is 61.5 Å². The van der Waals surface area contributed by atoms with Gasteiger partial charge in [-0.25, -0.2) is 13.2 Å². The molecule has 0 aromatic heterocycles. The van der Waals surface area contributed by atoms with Gasteiger partial charge in [0.25, 0.3) is 0 Å². The van der Waals surface area contributed by atoms with Gasteiger partial charge in [0.1, 0.15) is 5.75 Å². The number of carboxylic acid groups (broad SMARTS) is 1. The zero-order valence-electron chi connectivity index (χ0n) is 16.7. The van der Waals surface area contributed by atoms with Crippen molar-refractivity contribution in [3.8, 4) is 5.75 Å². The average Bonchev–Trinajstić information content (AvgIpc) is 2.73. The van der Waals surface area contributed by atoms with Crippen LogP contribution in [0.4, 0.5) is 13.2 Å². The second kappa shape index (κ2) is 9.65. The summed E-state index contributed by atoms with van der Waals surface area (Å²) in [7, 11) is -4.08. The molecule has 0 amide bonds. The molecule has 1 aliphatic heterocycles. The minimum atomic E-state index is -4.64. The molecule has 1 fully saturated rings. The van der Waals surface area contributed by atoms with E-state index in [4.69, 9.17) is 21.4 Å². The van der Waals surface area contributed by atoms with Gasteiger partial charge in [0, 0.05) is 43.3 Å². The summed E-state index contributed by atoms with van der Waals surface area (Å²) in [6.07, 6.45) is -4.64. The predicted octanol–water partition coefficient (Wildman–Crippen LogP) is 3.33. The number of carboxylic acids is 1. The number of piperazine rings is 1. The van der Waals surface area contributed by atoms with Crippen molar-refractivity contribution in [2.45, 2.75) is 17.6 Å². The highest BCUT2D eigenvalue weighted by Crippen LogP contribution is 2.31. The van der Waals surface area contributed by atoms with E-state index in [-0.39, 0.29) is 13.1 Å². The van der Waals surface area contributed by atoms with Crippen molar-refractivity contribution in [3.05, 3.63) is 58.6 Å². The fourth-order valence-electron chi connectivity index (χ4n) is 3.30. The van der Waals surface area contributed by atoms with Gasteiger partial charge in [-0.15, -0.1) is 0 Å². The Labute approximate surface area is 188 Å². The lowest BCUT2D eigenvalue weighted by atomic mass is 10.1. The molecule has 1 saturated heterocycles. The predicted molar refractivity (Wildman–Crippen MR) is 110 cm³/mol. The van der Waals surface area contributed by atoms with Crippen LogP contribution in [0.5, 0.6) is 5.75 Å². The third-order valence-corrected chi connectivity index (χ3v) is 7.03. The Morgan fingerprint density at radius 2 is 1.78 bits per heavy atom. The molecule has 0 unspecified atom stereocenters. The summed E-state index contributed by atoms with van der Waals surface area (Å²) >= 11 is 6.03. The fraction of sp³-hybridized carbons (Fsp3) is 0.350. The number of hydrogen-bond acceptors (Lipinski definition) is 5. The third kappa shape index (κ3) is 5.91. The molecule has 7 nitrogen and oxygen atoms in total. The van der Waals surface area contributed by atoms with Crippen LogP contribution in [0.1, 0.15) is 11.1 Å². The molecule has 0 radical (unpaired) electrons. The van der Waals surface area contributed by atoms with E-state index in [2.05, 4.69) is 0 Å². The Bertz CT molecular complexity index is 1090. The Hall–Kier alpha value is -2.34. The van der Waals surface area contributed by atoms with Crippen molar-refractivity contribution in [2.24, 2.45) is 0 Å². The molecule has 2 aromatic rings. The number of alkyl halides is 3. The summed E-state index contributed by atoms with van der Waals surface area (Å²) in [4.78, 5) is 12.3. The monoisotopic (exact) mass is 492 g/mol. The van der Waals surface area contributed by atoms with Crippen molar-refractivity contribution in [3.63, 3.8) is 0 Å². The maximum Gasteiger partial charge on any atom is 0.416 e. The molecule has 0 aliphatic carbocycles. The van der Waals surface area contributed by atoms with Crippen molar-refractivity contribution < 1.29 is 36.2 Å². The first kappa shape index (κ1) is 24.3. The smallest absolute Gasteiger partial charge is 0.416 e. The topological polar surface area (TPSA) is 87.2 Å². The van der Waals surface area contributed by atoms with Crippen LogP contribution in [0.15, 0.2) is 47.4 Å². The largest absolute Gasteiger partial charge is 0.482 e. The highest BCUT2D eigenvalue weighted by Gasteiger charge is 2.34. The molecule has 0 atom stereocenters. The normalized spacial score (nSPS) is 16.1. The van der Waals surface area contributed by atoms with Gasteiger partial charge < -0.3 is 9.84 Å². The minimum Gasteiger partial charge on any atom is -0.482 e. The first-order chi connectivity index (χ1) is 15.0. The van der Waals surface area contributed by atoms with Gasteiger partial charge in [-0.3, -0.25) is 4.90 Å². The van der Waals surface area contributed by atoms with Crippen molar-refractivity contribution in [2.75, 3.05) is 32.8 Å².